The molecule has 1 aromatic heterocycles. The second-order valence-corrected chi connectivity index (χ2v) is 9.42. The summed E-state index contributed by atoms with van der Waals surface area (Å²) in [4.78, 5) is 12.5. The van der Waals surface area contributed by atoms with Gasteiger partial charge in [-0.2, -0.15) is 0 Å². The van der Waals surface area contributed by atoms with Gasteiger partial charge in [0.1, 0.15) is 11.8 Å². The molecule has 0 bridgehead atoms. The van der Waals surface area contributed by atoms with Crippen molar-refractivity contribution in [1.82, 2.24) is 10.2 Å². The number of methoxy groups -OCH3 is 1. The van der Waals surface area contributed by atoms with Crippen molar-refractivity contribution < 1.29 is 17.9 Å². The largest absolute Gasteiger partial charge is 0.495 e. The molecule has 1 aromatic carbocycles. The fraction of sp³-hybridized carbons (Fsp3) is 0.357. The van der Waals surface area contributed by atoms with Crippen LogP contribution in [0.5, 0.6) is 5.75 Å². The molecule has 0 fully saturated rings. The Hall–Kier alpha value is -1.56. The molecule has 0 unspecified atom stereocenters. The van der Waals surface area contributed by atoms with Crippen molar-refractivity contribution in [3.63, 3.8) is 0 Å². The summed E-state index contributed by atoms with van der Waals surface area (Å²) < 4.78 is 31.3. The van der Waals surface area contributed by atoms with E-state index in [9.17, 15) is 13.2 Å². The third-order valence-corrected chi connectivity index (χ3v) is 6.64. The van der Waals surface area contributed by atoms with E-state index < -0.39 is 22.0 Å². The van der Waals surface area contributed by atoms with Crippen LogP contribution < -0.4 is 14.4 Å². The lowest BCUT2D eigenvalue weighted by atomic mass is 10.2. The summed E-state index contributed by atoms with van der Waals surface area (Å²) in [6.45, 7) is 1.48. The predicted molar refractivity (Wildman–Crippen MR) is 105 cm³/mol. The lowest BCUT2D eigenvalue weighted by Crippen LogP contribution is -2.45. The molecule has 1 heterocycles. The molecular weight excluding hydrogens is 420 g/mol. The van der Waals surface area contributed by atoms with Crippen molar-refractivity contribution in [2.24, 2.45) is 0 Å². The SMILES string of the molecule is COc1ccc(N([C@@H](C)C(=O)Nc2nnc(SC)s2)S(C)(=O)=O)cc1Cl. The Labute approximate surface area is 164 Å². The highest BCUT2D eigenvalue weighted by molar-refractivity contribution is 8.00. The summed E-state index contributed by atoms with van der Waals surface area (Å²) in [5.41, 5.74) is 0.253. The van der Waals surface area contributed by atoms with Crippen molar-refractivity contribution in [3.05, 3.63) is 23.2 Å². The standard InChI is InChI=1S/C14H17ClN4O4S3/c1-8(12(20)16-13-17-18-14(24-3)25-13)19(26(4,21)22)9-5-6-11(23-2)10(15)7-9/h5-8H,1-4H3,(H,16,17,20)/t8-/m0/s1. The van der Waals surface area contributed by atoms with Crippen LogP contribution in [0.25, 0.3) is 0 Å². The number of halogens is 1. The first-order valence-corrected chi connectivity index (χ1v) is 11.5. The van der Waals surface area contributed by atoms with Crippen molar-refractivity contribution in [1.29, 1.82) is 0 Å². The Balaban J connectivity index is 2.31. The summed E-state index contributed by atoms with van der Waals surface area (Å²) in [6.07, 6.45) is 2.86. The van der Waals surface area contributed by atoms with Gasteiger partial charge in [0, 0.05) is 0 Å². The molecule has 2 rings (SSSR count). The van der Waals surface area contributed by atoms with Gasteiger partial charge in [0.25, 0.3) is 0 Å². The van der Waals surface area contributed by atoms with Crippen molar-refractivity contribution >= 4 is 61.4 Å². The highest BCUT2D eigenvalue weighted by Crippen LogP contribution is 2.31. The van der Waals surface area contributed by atoms with Crippen LogP contribution in [0.2, 0.25) is 5.02 Å². The number of amides is 1. The van der Waals surface area contributed by atoms with Gasteiger partial charge >= 0.3 is 0 Å². The van der Waals surface area contributed by atoms with E-state index in [1.54, 1.807) is 0 Å². The van der Waals surface area contributed by atoms with Crippen LogP contribution in [0, 0.1) is 0 Å². The number of benzene rings is 1. The quantitative estimate of drug-likeness (QED) is 0.525. The summed E-state index contributed by atoms with van der Waals surface area (Å²) >= 11 is 8.69. The summed E-state index contributed by atoms with van der Waals surface area (Å²) in [5, 5.41) is 10.9. The number of carbonyl (C=O) groups excluding carboxylic acids is 1. The average Bonchev–Trinajstić information content (AvgIpc) is 3.01. The zero-order valence-electron chi connectivity index (χ0n) is 14.4. The summed E-state index contributed by atoms with van der Waals surface area (Å²) in [6, 6.07) is 3.46. The van der Waals surface area contributed by atoms with E-state index in [-0.39, 0.29) is 10.7 Å². The van der Waals surface area contributed by atoms with Crippen LogP contribution in [0.1, 0.15) is 6.92 Å². The number of carbonyl (C=O) groups is 1. The van der Waals surface area contributed by atoms with E-state index >= 15 is 0 Å². The topological polar surface area (TPSA) is 101 Å². The molecule has 142 valence electrons. The lowest BCUT2D eigenvalue weighted by Gasteiger charge is -2.28. The van der Waals surface area contributed by atoms with Gasteiger partial charge in [-0.1, -0.05) is 34.7 Å². The number of aromatic nitrogens is 2. The van der Waals surface area contributed by atoms with Crippen molar-refractivity contribution in [2.45, 2.75) is 17.3 Å². The Morgan fingerprint density at radius 2 is 2.12 bits per heavy atom. The van der Waals surface area contributed by atoms with E-state index in [1.807, 2.05) is 6.26 Å². The molecule has 1 amide bonds. The zero-order chi connectivity index (χ0) is 19.5. The average molecular weight is 437 g/mol. The van der Waals surface area contributed by atoms with Gasteiger partial charge in [0.05, 0.1) is 24.1 Å². The number of ether oxygens (including phenoxy) is 1. The number of hydrogen-bond acceptors (Lipinski definition) is 8. The van der Waals surface area contributed by atoms with Gasteiger partial charge < -0.3 is 4.74 Å². The minimum absolute atomic E-state index is 0.236. The number of hydrogen-bond donors (Lipinski definition) is 1. The Kier molecular flexibility index (Phi) is 6.72. The minimum atomic E-state index is -3.75. The molecule has 8 nitrogen and oxygen atoms in total. The summed E-state index contributed by atoms with van der Waals surface area (Å²) in [5.74, 6) is -0.134. The smallest absolute Gasteiger partial charge is 0.249 e. The molecular formula is C14H17ClN4O4S3. The molecule has 2 aromatic rings. The molecule has 1 N–H and O–H groups in total. The van der Waals surface area contributed by atoms with E-state index in [2.05, 4.69) is 15.5 Å². The molecule has 0 aliphatic heterocycles. The van der Waals surface area contributed by atoms with Crippen LogP contribution in [0.4, 0.5) is 10.8 Å². The molecule has 1 atom stereocenters. The molecule has 0 saturated carbocycles. The number of anilines is 2. The van der Waals surface area contributed by atoms with Crippen LogP contribution in [0.15, 0.2) is 22.5 Å². The highest BCUT2D eigenvalue weighted by atomic mass is 35.5. The third kappa shape index (κ3) is 4.78. The maximum absolute atomic E-state index is 12.5. The van der Waals surface area contributed by atoms with Gasteiger partial charge in [0.2, 0.25) is 21.1 Å². The normalized spacial score (nSPS) is 12.5. The van der Waals surface area contributed by atoms with Gasteiger partial charge in [-0.05, 0) is 31.4 Å². The van der Waals surface area contributed by atoms with Crippen molar-refractivity contribution in [3.8, 4) is 5.75 Å². The number of sulfonamides is 1. The van der Waals surface area contributed by atoms with E-state index in [1.165, 1.54) is 55.3 Å². The second-order valence-electron chi connectivity index (χ2n) is 5.12. The monoisotopic (exact) mass is 436 g/mol. The molecule has 0 radical (unpaired) electrons. The molecule has 26 heavy (non-hydrogen) atoms. The number of thioether (sulfide) groups is 1. The van der Waals surface area contributed by atoms with Gasteiger partial charge in [-0.3, -0.25) is 14.4 Å². The molecule has 0 aliphatic rings. The van der Waals surface area contributed by atoms with Crippen molar-refractivity contribution in [2.75, 3.05) is 29.2 Å². The Morgan fingerprint density at radius 1 is 1.42 bits per heavy atom. The van der Waals surface area contributed by atoms with E-state index in [0.717, 1.165) is 10.6 Å². The maximum atomic E-state index is 12.5. The molecule has 0 spiro atoms. The van der Waals surface area contributed by atoms with Crippen LogP contribution >= 0.6 is 34.7 Å². The van der Waals surface area contributed by atoms with E-state index in [4.69, 9.17) is 16.3 Å². The lowest BCUT2D eigenvalue weighted by molar-refractivity contribution is -0.116. The maximum Gasteiger partial charge on any atom is 0.249 e. The molecule has 12 heteroatoms. The molecule has 0 aliphatic carbocycles. The number of nitrogens with one attached hydrogen (secondary N) is 1. The third-order valence-electron chi connectivity index (χ3n) is 3.29. The Morgan fingerprint density at radius 3 is 2.62 bits per heavy atom. The van der Waals surface area contributed by atoms with Crippen LogP contribution in [-0.2, 0) is 14.8 Å². The van der Waals surface area contributed by atoms with Crippen LogP contribution in [0.3, 0.4) is 0 Å². The second kappa shape index (κ2) is 8.42. The first-order chi connectivity index (χ1) is 12.2. The van der Waals surface area contributed by atoms with Crippen LogP contribution in [-0.4, -0.2) is 50.2 Å². The number of rotatable bonds is 7. The first-order valence-electron chi connectivity index (χ1n) is 7.18. The first kappa shape index (κ1) is 20.7. The predicted octanol–water partition coefficient (Wildman–Crippen LogP) is 2.72. The van der Waals surface area contributed by atoms with Gasteiger partial charge in [0.15, 0.2) is 4.34 Å². The van der Waals surface area contributed by atoms with Gasteiger partial charge in [-0.25, -0.2) is 8.42 Å². The summed E-state index contributed by atoms with van der Waals surface area (Å²) in [7, 11) is -2.30. The zero-order valence-corrected chi connectivity index (χ0v) is 17.6. The molecule has 0 saturated heterocycles. The van der Waals surface area contributed by atoms with Gasteiger partial charge in [-0.15, -0.1) is 10.2 Å². The Bertz CT molecular complexity index is 903. The fourth-order valence-electron chi connectivity index (χ4n) is 2.15. The highest BCUT2D eigenvalue weighted by Gasteiger charge is 2.30. The fourth-order valence-corrected chi connectivity index (χ4v) is 4.75. The van der Waals surface area contributed by atoms with E-state index in [0.29, 0.717) is 15.2 Å². The number of nitrogens with zero attached hydrogens (tertiary/aromatic N) is 3. The minimum Gasteiger partial charge on any atom is -0.495 e.